The van der Waals surface area contributed by atoms with E-state index in [-0.39, 0.29) is 24.7 Å². The van der Waals surface area contributed by atoms with Gasteiger partial charge in [-0.2, -0.15) is 0 Å². The molecule has 2 N–H and O–H groups in total. The molecular formula is C23H28N2O4. The molecule has 0 bridgehead atoms. The predicted octanol–water partition coefficient (Wildman–Crippen LogP) is 2.62. The van der Waals surface area contributed by atoms with Crippen molar-refractivity contribution in [1.82, 2.24) is 5.32 Å². The number of anilines is 1. The number of rotatable bonds is 6. The van der Waals surface area contributed by atoms with Crippen LogP contribution in [0.15, 0.2) is 36.4 Å². The highest BCUT2D eigenvalue weighted by Gasteiger charge is 2.32. The summed E-state index contributed by atoms with van der Waals surface area (Å²) in [7, 11) is 2.07. The van der Waals surface area contributed by atoms with E-state index in [2.05, 4.69) is 17.3 Å². The lowest BCUT2D eigenvalue weighted by atomic mass is 10.0. The number of carbonyl (C=O) groups excluding carboxylic acids is 1. The molecule has 0 aromatic heterocycles. The van der Waals surface area contributed by atoms with Crippen LogP contribution >= 0.6 is 0 Å². The van der Waals surface area contributed by atoms with Crippen LogP contribution < -0.4 is 19.7 Å². The molecule has 2 aromatic carbocycles. The molecule has 0 aliphatic carbocycles. The Morgan fingerprint density at radius 3 is 2.97 bits per heavy atom. The fraction of sp³-hybridized carbons (Fsp3) is 0.435. The van der Waals surface area contributed by atoms with Gasteiger partial charge in [0.05, 0.1) is 6.10 Å². The number of fused-ring (bicyclic) bond motifs is 2. The highest BCUT2D eigenvalue weighted by atomic mass is 16.5. The number of likely N-dealkylation sites (N-methyl/N-ethyl adjacent to an activating group) is 1. The quantitative estimate of drug-likeness (QED) is 0.786. The van der Waals surface area contributed by atoms with Crippen LogP contribution in [0, 0.1) is 0 Å². The van der Waals surface area contributed by atoms with Crippen LogP contribution in [0.25, 0.3) is 0 Å². The second-order valence-electron chi connectivity index (χ2n) is 8.45. The summed E-state index contributed by atoms with van der Waals surface area (Å²) in [6, 6.07) is 11.7. The summed E-state index contributed by atoms with van der Waals surface area (Å²) in [5, 5.41) is 13.2. The second-order valence-corrected chi connectivity index (χ2v) is 8.45. The lowest BCUT2D eigenvalue weighted by Crippen LogP contribution is -2.32. The first-order valence-electron chi connectivity index (χ1n) is 10.0. The van der Waals surface area contributed by atoms with E-state index in [9.17, 15) is 9.90 Å². The molecule has 4 rings (SSSR count). The normalized spacial score (nSPS) is 17.3. The van der Waals surface area contributed by atoms with Crippen molar-refractivity contribution in [3.63, 3.8) is 0 Å². The van der Waals surface area contributed by atoms with Crippen molar-refractivity contribution < 1.29 is 19.4 Å². The van der Waals surface area contributed by atoms with E-state index < -0.39 is 6.10 Å². The average Bonchev–Trinajstić information content (AvgIpc) is 3.22. The molecule has 2 heterocycles. The van der Waals surface area contributed by atoms with Gasteiger partial charge in [0.15, 0.2) is 18.1 Å². The summed E-state index contributed by atoms with van der Waals surface area (Å²) in [5.41, 5.74) is 4.08. The zero-order valence-electron chi connectivity index (χ0n) is 17.2. The van der Waals surface area contributed by atoms with Gasteiger partial charge in [-0.3, -0.25) is 4.79 Å². The lowest BCUT2D eigenvalue weighted by molar-refractivity contribution is -0.123. The second kappa shape index (κ2) is 7.59. The summed E-state index contributed by atoms with van der Waals surface area (Å²) < 4.78 is 11.6. The van der Waals surface area contributed by atoms with Crippen molar-refractivity contribution in [3.8, 4) is 11.5 Å². The molecule has 1 amide bonds. The van der Waals surface area contributed by atoms with E-state index in [0.29, 0.717) is 11.5 Å². The number of hydrogen-bond donors (Lipinski definition) is 2. The van der Waals surface area contributed by atoms with Crippen molar-refractivity contribution in [1.29, 1.82) is 0 Å². The van der Waals surface area contributed by atoms with Gasteiger partial charge in [0, 0.05) is 37.8 Å². The molecule has 2 aliphatic heterocycles. The Balaban J connectivity index is 1.30. The minimum Gasteiger partial charge on any atom is -0.483 e. The van der Waals surface area contributed by atoms with E-state index in [4.69, 9.17) is 9.47 Å². The maximum atomic E-state index is 12.2. The first kappa shape index (κ1) is 19.6. The van der Waals surface area contributed by atoms with Gasteiger partial charge in [-0.1, -0.05) is 24.3 Å². The fourth-order valence-corrected chi connectivity index (χ4v) is 4.02. The first-order valence-corrected chi connectivity index (χ1v) is 10.0. The molecule has 6 heteroatoms. The third-order valence-electron chi connectivity index (χ3n) is 5.52. The molecule has 0 saturated carbocycles. The van der Waals surface area contributed by atoms with Crippen LogP contribution in [0.3, 0.4) is 0 Å². The number of amides is 1. The predicted molar refractivity (Wildman–Crippen MR) is 112 cm³/mol. The van der Waals surface area contributed by atoms with Gasteiger partial charge in [-0.05, 0) is 43.5 Å². The van der Waals surface area contributed by atoms with Gasteiger partial charge in [-0.25, -0.2) is 0 Å². The van der Waals surface area contributed by atoms with Gasteiger partial charge in [0.1, 0.15) is 5.60 Å². The van der Waals surface area contributed by atoms with Crippen LogP contribution in [0.4, 0.5) is 5.69 Å². The molecule has 2 aromatic rings. The molecule has 0 spiro atoms. The Morgan fingerprint density at radius 2 is 2.14 bits per heavy atom. The van der Waals surface area contributed by atoms with E-state index in [1.54, 1.807) is 0 Å². The Bertz CT molecular complexity index is 925. The van der Waals surface area contributed by atoms with Crippen molar-refractivity contribution in [2.75, 3.05) is 31.6 Å². The summed E-state index contributed by atoms with van der Waals surface area (Å²) >= 11 is 0. The topological polar surface area (TPSA) is 71.0 Å². The Labute approximate surface area is 171 Å². The number of aliphatic hydroxyl groups excluding tert-OH is 1. The monoisotopic (exact) mass is 396 g/mol. The van der Waals surface area contributed by atoms with Gasteiger partial charge < -0.3 is 24.8 Å². The Kier molecular flexibility index (Phi) is 5.13. The van der Waals surface area contributed by atoms with Crippen molar-refractivity contribution in [2.24, 2.45) is 0 Å². The average molecular weight is 396 g/mol. The molecule has 29 heavy (non-hydrogen) atoms. The number of aliphatic hydroxyl groups is 1. The van der Waals surface area contributed by atoms with E-state index in [1.807, 2.05) is 50.2 Å². The number of benzene rings is 2. The van der Waals surface area contributed by atoms with E-state index in [0.717, 1.165) is 30.5 Å². The molecule has 0 saturated heterocycles. The van der Waals surface area contributed by atoms with Crippen LogP contribution in [0.5, 0.6) is 11.5 Å². The largest absolute Gasteiger partial charge is 0.483 e. The number of hydrogen-bond acceptors (Lipinski definition) is 5. The standard InChI is InChI=1S/C23H28N2O4/c1-23(2)12-17-5-4-6-20(22(17)29-23)28-14-21(27)24-13-19(26)16-7-8-18-15(11-16)9-10-25(18)3/h4-8,11,19,26H,9-10,12-14H2,1-3H3,(H,24,27). The Morgan fingerprint density at radius 1 is 1.31 bits per heavy atom. The Hall–Kier alpha value is -2.73. The number of carbonyl (C=O) groups is 1. The molecule has 154 valence electrons. The zero-order chi connectivity index (χ0) is 20.6. The number of nitrogens with one attached hydrogen (secondary N) is 1. The van der Waals surface area contributed by atoms with Gasteiger partial charge in [-0.15, -0.1) is 0 Å². The van der Waals surface area contributed by atoms with Crippen LogP contribution in [-0.2, 0) is 17.6 Å². The summed E-state index contributed by atoms with van der Waals surface area (Å²) in [6.45, 7) is 5.08. The molecule has 6 nitrogen and oxygen atoms in total. The molecule has 2 aliphatic rings. The summed E-state index contributed by atoms with van der Waals surface area (Å²) in [5.74, 6) is 1.01. The van der Waals surface area contributed by atoms with Crippen molar-refractivity contribution in [3.05, 3.63) is 53.1 Å². The molecule has 1 unspecified atom stereocenters. The highest BCUT2D eigenvalue weighted by Crippen LogP contribution is 2.41. The maximum Gasteiger partial charge on any atom is 0.258 e. The first-order chi connectivity index (χ1) is 13.8. The van der Waals surface area contributed by atoms with Gasteiger partial charge >= 0.3 is 0 Å². The zero-order valence-corrected chi connectivity index (χ0v) is 17.2. The van der Waals surface area contributed by atoms with Crippen molar-refractivity contribution >= 4 is 11.6 Å². The summed E-state index contributed by atoms with van der Waals surface area (Å²) in [6.07, 6.45) is 1.04. The smallest absolute Gasteiger partial charge is 0.258 e. The third kappa shape index (κ3) is 4.17. The van der Waals surface area contributed by atoms with Gasteiger partial charge in [0.25, 0.3) is 5.91 Å². The fourth-order valence-electron chi connectivity index (χ4n) is 4.02. The maximum absolute atomic E-state index is 12.2. The molecule has 0 fully saturated rings. The molecular weight excluding hydrogens is 368 g/mol. The molecule has 1 atom stereocenters. The highest BCUT2D eigenvalue weighted by molar-refractivity contribution is 5.77. The van der Waals surface area contributed by atoms with Gasteiger partial charge in [0.2, 0.25) is 0 Å². The summed E-state index contributed by atoms with van der Waals surface area (Å²) in [4.78, 5) is 14.4. The number of nitrogens with zero attached hydrogens (tertiary/aromatic N) is 1. The SMILES string of the molecule is CN1CCc2cc(C(O)CNC(=O)COc3cccc4c3OC(C)(C)C4)ccc21. The number of ether oxygens (including phenoxy) is 2. The molecule has 0 radical (unpaired) electrons. The third-order valence-corrected chi connectivity index (χ3v) is 5.52. The van der Waals surface area contributed by atoms with E-state index in [1.165, 1.54) is 11.3 Å². The lowest BCUT2D eigenvalue weighted by Gasteiger charge is -2.18. The minimum atomic E-state index is -0.750. The number of para-hydroxylation sites is 1. The van der Waals surface area contributed by atoms with E-state index >= 15 is 0 Å². The minimum absolute atomic E-state index is 0.123. The van der Waals surface area contributed by atoms with Crippen LogP contribution in [0.1, 0.15) is 36.6 Å². The van der Waals surface area contributed by atoms with Crippen molar-refractivity contribution in [2.45, 2.75) is 38.4 Å². The van der Waals surface area contributed by atoms with Crippen LogP contribution in [-0.4, -0.2) is 43.4 Å². The van der Waals surface area contributed by atoms with Crippen LogP contribution in [0.2, 0.25) is 0 Å².